The van der Waals surface area contributed by atoms with Crippen LogP contribution in [0.3, 0.4) is 0 Å². The van der Waals surface area contributed by atoms with Crippen LogP contribution in [-0.4, -0.2) is 13.7 Å². The van der Waals surface area contributed by atoms with Gasteiger partial charge >= 0.3 is 0 Å². The van der Waals surface area contributed by atoms with Gasteiger partial charge in [-0.15, -0.1) is 0 Å². The Hall–Kier alpha value is -1.16. The van der Waals surface area contributed by atoms with E-state index < -0.39 is 17.0 Å². The van der Waals surface area contributed by atoms with Gasteiger partial charge in [-0.1, -0.05) is 12.8 Å². The van der Waals surface area contributed by atoms with Crippen molar-refractivity contribution in [2.24, 2.45) is 5.73 Å². The first-order valence-electron chi connectivity index (χ1n) is 5.86. The molecule has 2 N–H and O–H groups in total. The summed E-state index contributed by atoms with van der Waals surface area (Å²) in [6, 6.07) is 2.65. The summed E-state index contributed by atoms with van der Waals surface area (Å²) < 4.78 is 32.4. The number of nitrogens with two attached hydrogens (primary N) is 1. The van der Waals surface area contributed by atoms with Gasteiger partial charge in [0.25, 0.3) is 0 Å². The highest BCUT2D eigenvalue weighted by Gasteiger charge is 2.37. The van der Waals surface area contributed by atoms with Gasteiger partial charge in [0.15, 0.2) is 11.6 Å². The molecule has 17 heavy (non-hydrogen) atoms. The lowest BCUT2D eigenvalue weighted by atomic mass is 9.78. The Morgan fingerprint density at radius 2 is 1.94 bits per heavy atom. The fourth-order valence-electron chi connectivity index (χ4n) is 2.70. The van der Waals surface area contributed by atoms with Crippen molar-refractivity contribution in [3.8, 4) is 5.75 Å². The normalized spacial score (nSPS) is 18.4. The van der Waals surface area contributed by atoms with E-state index in [1.165, 1.54) is 7.11 Å². The van der Waals surface area contributed by atoms with Crippen LogP contribution < -0.4 is 10.5 Å². The minimum Gasteiger partial charge on any atom is -0.497 e. The first kappa shape index (κ1) is 12.3. The zero-order chi connectivity index (χ0) is 12.5. The van der Waals surface area contributed by atoms with E-state index in [0.717, 1.165) is 31.7 Å². The van der Waals surface area contributed by atoms with Crippen LogP contribution >= 0.6 is 0 Å². The van der Waals surface area contributed by atoms with E-state index in [2.05, 4.69) is 0 Å². The monoisotopic (exact) mass is 241 g/mol. The Bertz CT molecular complexity index is 414. The molecule has 0 bridgehead atoms. The molecule has 0 aromatic heterocycles. The molecule has 0 atom stereocenters. The Morgan fingerprint density at radius 3 is 2.47 bits per heavy atom. The summed E-state index contributed by atoms with van der Waals surface area (Å²) in [6.07, 6.45) is 3.64. The van der Waals surface area contributed by atoms with Crippen LogP contribution in [0.25, 0.3) is 0 Å². The maximum atomic E-state index is 13.9. The van der Waals surface area contributed by atoms with Crippen molar-refractivity contribution in [1.82, 2.24) is 0 Å². The quantitative estimate of drug-likeness (QED) is 0.883. The lowest BCUT2D eigenvalue weighted by Crippen LogP contribution is -2.33. The van der Waals surface area contributed by atoms with Gasteiger partial charge in [0.1, 0.15) is 5.75 Å². The van der Waals surface area contributed by atoms with E-state index in [0.29, 0.717) is 17.9 Å². The number of hydrogen-bond donors (Lipinski definition) is 1. The molecule has 1 fully saturated rings. The minimum atomic E-state index is -0.862. The zero-order valence-corrected chi connectivity index (χ0v) is 9.93. The molecule has 0 spiro atoms. The number of rotatable bonds is 3. The van der Waals surface area contributed by atoms with Gasteiger partial charge < -0.3 is 10.5 Å². The van der Waals surface area contributed by atoms with E-state index in [-0.39, 0.29) is 0 Å². The van der Waals surface area contributed by atoms with Crippen molar-refractivity contribution in [3.05, 3.63) is 29.3 Å². The maximum Gasteiger partial charge on any atom is 0.162 e. The van der Waals surface area contributed by atoms with Crippen LogP contribution in [0.1, 0.15) is 31.2 Å². The Morgan fingerprint density at radius 1 is 1.29 bits per heavy atom. The van der Waals surface area contributed by atoms with E-state index in [4.69, 9.17) is 10.5 Å². The summed E-state index contributed by atoms with van der Waals surface area (Å²) in [4.78, 5) is 0. The predicted molar refractivity (Wildman–Crippen MR) is 62.1 cm³/mol. The van der Waals surface area contributed by atoms with Crippen LogP contribution in [0.5, 0.6) is 5.75 Å². The summed E-state index contributed by atoms with van der Waals surface area (Å²) in [5.74, 6) is -1.30. The molecule has 94 valence electrons. The van der Waals surface area contributed by atoms with Gasteiger partial charge in [-0.2, -0.15) is 0 Å². The lowest BCUT2D eigenvalue weighted by molar-refractivity contribution is 0.382. The second-order valence-electron chi connectivity index (χ2n) is 4.66. The zero-order valence-electron chi connectivity index (χ0n) is 9.93. The molecule has 2 nitrogen and oxygen atoms in total. The molecule has 1 aromatic rings. The van der Waals surface area contributed by atoms with Crippen LogP contribution in [0, 0.1) is 11.6 Å². The molecule has 1 aliphatic carbocycles. The second kappa shape index (κ2) is 4.61. The van der Waals surface area contributed by atoms with Crippen molar-refractivity contribution in [3.63, 3.8) is 0 Å². The highest BCUT2D eigenvalue weighted by molar-refractivity contribution is 5.37. The van der Waals surface area contributed by atoms with E-state index in [1.54, 1.807) is 6.07 Å². The minimum absolute atomic E-state index is 0.344. The number of halogens is 2. The smallest absolute Gasteiger partial charge is 0.162 e. The van der Waals surface area contributed by atoms with E-state index in [9.17, 15) is 8.78 Å². The molecular weight excluding hydrogens is 224 g/mol. The fourth-order valence-corrected chi connectivity index (χ4v) is 2.70. The molecule has 0 amide bonds. The molecule has 0 unspecified atom stereocenters. The van der Waals surface area contributed by atoms with Crippen molar-refractivity contribution in [2.45, 2.75) is 31.1 Å². The molecule has 0 heterocycles. The maximum absolute atomic E-state index is 13.9. The van der Waals surface area contributed by atoms with Crippen molar-refractivity contribution in [1.29, 1.82) is 0 Å². The third-order valence-corrected chi connectivity index (χ3v) is 3.76. The summed E-state index contributed by atoms with van der Waals surface area (Å²) in [5.41, 5.74) is 5.73. The number of benzene rings is 1. The lowest BCUT2D eigenvalue weighted by Gasteiger charge is -2.28. The Kier molecular flexibility index (Phi) is 3.33. The number of ether oxygens (including phenoxy) is 1. The van der Waals surface area contributed by atoms with E-state index >= 15 is 0 Å². The van der Waals surface area contributed by atoms with Crippen LogP contribution in [0.2, 0.25) is 0 Å². The van der Waals surface area contributed by atoms with Crippen LogP contribution in [-0.2, 0) is 5.41 Å². The summed E-state index contributed by atoms with van der Waals surface area (Å²) in [6.45, 7) is 0.344. The molecule has 2 rings (SSSR count). The summed E-state index contributed by atoms with van der Waals surface area (Å²) in [5, 5.41) is 0. The third-order valence-electron chi connectivity index (χ3n) is 3.76. The first-order chi connectivity index (χ1) is 8.13. The van der Waals surface area contributed by atoms with Gasteiger partial charge in [0.05, 0.1) is 7.11 Å². The molecule has 0 radical (unpaired) electrons. The molecule has 1 aliphatic rings. The van der Waals surface area contributed by atoms with Crippen molar-refractivity contribution in [2.75, 3.05) is 13.7 Å². The van der Waals surface area contributed by atoms with Gasteiger partial charge in [0.2, 0.25) is 0 Å². The third kappa shape index (κ3) is 2.02. The fraction of sp³-hybridized carbons (Fsp3) is 0.538. The largest absolute Gasteiger partial charge is 0.497 e. The number of hydrogen-bond acceptors (Lipinski definition) is 2. The SMILES string of the molecule is COc1cc(F)c(F)c(C2(CN)CCCC2)c1. The average molecular weight is 241 g/mol. The first-order valence-corrected chi connectivity index (χ1v) is 5.86. The topological polar surface area (TPSA) is 35.2 Å². The second-order valence-corrected chi connectivity index (χ2v) is 4.66. The van der Waals surface area contributed by atoms with Gasteiger partial charge in [-0.05, 0) is 18.9 Å². The predicted octanol–water partition coefficient (Wildman–Crippen LogP) is 2.74. The number of methoxy groups -OCH3 is 1. The summed E-state index contributed by atoms with van der Waals surface area (Å²) in [7, 11) is 1.44. The highest BCUT2D eigenvalue weighted by Crippen LogP contribution is 2.42. The standard InChI is InChI=1S/C13H17F2NO/c1-17-9-6-10(12(15)11(14)7-9)13(8-16)4-2-3-5-13/h6-7H,2-5,8,16H2,1H3. The molecule has 4 heteroatoms. The van der Waals surface area contributed by atoms with Crippen molar-refractivity contribution < 1.29 is 13.5 Å². The van der Waals surface area contributed by atoms with Crippen LogP contribution in [0.4, 0.5) is 8.78 Å². The Labute approximate surface area is 99.8 Å². The summed E-state index contributed by atoms with van der Waals surface area (Å²) >= 11 is 0. The molecule has 0 aliphatic heterocycles. The van der Waals surface area contributed by atoms with Gasteiger partial charge in [-0.3, -0.25) is 0 Å². The molecule has 1 aromatic carbocycles. The van der Waals surface area contributed by atoms with Crippen LogP contribution in [0.15, 0.2) is 12.1 Å². The van der Waals surface area contributed by atoms with Crippen molar-refractivity contribution >= 4 is 0 Å². The van der Waals surface area contributed by atoms with Gasteiger partial charge in [0, 0.05) is 23.6 Å². The molecule has 0 saturated heterocycles. The molecular formula is C13H17F2NO. The van der Waals surface area contributed by atoms with E-state index in [1.807, 2.05) is 0 Å². The van der Waals surface area contributed by atoms with Gasteiger partial charge in [-0.25, -0.2) is 8.78 Å². The highest BCUT2D eigenvalue weighted by atomic mass is 19.2. The molecule has 1 saturated carbocycles. The Balaban J connectivity index is 2.52. The average Bonchev–Trinajstić information content (AvgIpc) is 2.82.